The summed E-state index contributed by atoms with van der Waals surface area (Å²) in [7, 11) is 0. The Morgan fingerprint density at radius 1 is 1.24 bits per heavy atom. The molecule has 0 aliphatic carbocycles. The number of likely N-dealkylation sites (tertiary alicyclic amines) is 1. The molecular formula is C18H25N3O4. The van der Waals surface area contributed by atoms with Crippen molar-refractivity contribution in [2.75, 3.05) is 19.6 Å². The minimum Gasteiger partial charge on any atom is -0.477 e. The summed E-state index contributed by atoms with van der Waals surface area (Å²) in [6.45, 7) is 3.88. The normalized spacial score (nSPS) is 15.0. The molecule has 1 saturated heterocycles. The van der Waals surface area contributed by atoms with Crippen LogP contribution in [0.4, 0.5) is 0 Å². The molecular weight excluding hydrogens is 322 g/mol. The van der Waals surface area contributed by atoms with E-state index in [0.717, 1.165) is 19.3 Å². The van der Waals surface area contributed by atoms with Gasteiger partial charge < -0.3 is 15.3 Å². The fraction of sp³-hybridized carbons (Fsp3) is 0.556. The van der Waals surface area contributed by atoms with E-state index >= 15 is 0 Å². The third kappa shape index (κ3) is 5.27. The number of pyridine rings is 1. The maximum atomic E-state index is 12.4. The molecule has 2 heterocycles. The van der Waals surface area contributed by atoms with Gasteiger partial charge in [-0.05, 0) is 31.4 Å². The maximum Gasteiger partial charge on any atom is 0.354 e. The summed E-state index contributed by atoms with van der Waals surface area (Å²) in [6, 6.07) is 2.80. The van der Waals surface area contributed by atoms with E-state index in [-0.39, 0.29) is 23.4 Å². The van der Waals surface area contributed by atoms with Crippen molar-refractivity contribution in [1.82, 2.24) is 15.2 Å². The van der Waals surface area contributed by atoms with Gasteiger partial charge in [0.1, 0.15) is 5.69 Å². The summed E-state index contributed by atoms with van der Waals surface area (Å²) in [5, 5.41) is 11.8. The van der Waals surface area contributed by atoms with Gasteiger partial charge in [-0.2, -0.15) is 0 Å². The molecule has 0 aromatic carbocycles. The number of carboxylic acid groups (broad SMARTS) is 1. The van der Waals surface area contributed by atoms with Crippen LogP contribution in [0.5, 0.6) is 0 Å². The molecule has 2 amide bonds. The number of carbonyl (C=O) groups is 3. The van der Waals surface area contributed by atoms with Crippen LogP contribution < -0.4 is 5.32 Å². The van der Waals surface area contributed by atoms with E-state index in [1.54, 1.807) is 4.90 Å². The molecule has 1 aliphatic rings. The van der Waals surface area contributed by atoms with Crippen molar-refractivity contribution in [2.45, 2.75) is 39.0 Å². The Morgan fingerprint density at radius 3 is 2.52 bits per heavy atom. The highest BCUT2D eigenvalue weighted by molar-refractivity contribution is 5.95. The van der Waals surface area contributed by atoms with Gasteiger partial charge in [-0.1, -0.05) is 19.8 Å². The second-order valence-electron chi connectivity index (χ2n) is 6.30. The fourth-order valence-corrected chi connectivity index (χ4v) is 2.91. The number of piperidine rings is 1. The molecule has 0 saturated carbocycles. The number of rotatable bonds is 7. The van der Waals surface area contributed by atoms with E-state index in [4.69, 9.17) is 5.11 Å². The lowest BCUT2D eigenvalue weighted by Crippen LogP contribution is -2.43. The number of nitrogens with one attached hydrogen (secondary N) is 1. The van der Waals surface area contributed by atoms with E-state index in [0.29, 0.717) is 38.0 Å². The van der Waals surface area contributed by atoms with Crippen LogP contribution in [0.3, 0.4) is 0 Å². The van der Waals surface area contributed by atoms with E-state index < -0.39 is 5.97 Å². The van der Waals surface area contributed by atoms with E-state index in [2.05, 4.69) is 17.2 Å². The van der Waals surface area contributed by atoms with Crippen LogP contribution >= 0.6 is 0 Å². The van der Waals surface area contributed by atoms with Crippen LogP contribution in [0.2, 0.25) is 0 Å². The third-order valence-electron chi connectivity index (χ3n) is 4.46. The number of carbonyl (C=O) groups excluding carboxylic acids is 2. The molecule has 1 aromatic heterocycles. The van der Waals surface area contributed by atoms with E-state index in [1.165, 1.54) is 18.3 Å². The molecule has 2 rings (SSSR count). The van der Waals surface area contributed by atoms with Crippen molar-refractivity contribution in [1.29, 1.82) is 0 Å². The Morgan fingerprint density at radius 2 is 1.96 bits per heavy atom. The van der Waals surface area contributed by atoms with Gasteiger partial charge in [0.25, 0.3) is 5.91 Å². The van der Waals surface area contributed by atoms with Crippen LogP contribution in [-0.4, -0.2) is 52.4 Å². The zero-order valence-electron chi connectivity index (χ0n) is 14.5. The topological polar surface area (TPSA) is 99.6 Å². The Bertz CT molecular complexity index is 607. The number of unbranched alkanes of at least 4 members (excludes halogenated alkanes) is 2. The predicted molar refractivity (Wildman–Crippen MR) is 92.4 cm³/mol. The standard InChI is InChI=1S/C18H25N3O4/c1-2-3-4-9-19-16(22)13-7-10-21(11-8-13)17(23)14-5-6-15(18(24)25)20-12-14/h5-6,12-13H,2-4,7-11H2,1H3,(H,19,22)(H,24,25). The molecule has 1 aliphatic heterocycles. The van der Waals surface area contributed by atoms with Crippen molar-refractivity contribution >= 4 is 17.8 Å². The monoisotopic (exact) mass is 347 g/mol. The number of hydrogen-bond acceptors (Lipinski definition) is 4. The van der Waals surface area contributed by atoms with Gasteiger partial charge in [-0.25, -0.2) is 9.78 Å². The van der Waals surface area contributed by atoms with Crippen LogP contribution in [0, 0.1) is 5.92 Å². The van der Waals surface area contributed by atoms with Crippen LogP contribution in [0.15, 0.2) is 18.3 Å². The largest absolute Gasteiger partial charge is 0.477 e. The molecule has 7 heteroatoms. The Balaban J connectivity index is 1.81. The maximum absolute atomic E-state index is 12.4. The fourth-order valence-electron chi connectivity index (χ4n) is 2.91. The minimum atomic E-state index is -1.12. The highest BCUT2D eigenvalue weighted by Gasteiger charge is 2.27. The molecule has 2 N–H and O–H groups in total. The first-order valence-corrected chi connectivity index (χ1v) is 8.79. The molecule has 0 atom stereocenters. The minimum absolute atomic E-state index is 0.0433. The second-order valence-corrected chi connectivity index (χ2v) is 6.30. The van der Waals surface area contributed by atoms with E-state index in [1.807, 2.05) is 0 Å². The number of hydrogen-bond donors (Lipinski definition) is 2. The lowest BCUT2D eigenvalue weighted by molar-refractivity contribution is -0.126. The van der Waals surface area contributed by atoms with Gasteiger partial charge in [0.05, 0.1) is 5.56 Å². The smallest absolute Gasteiger partial charge is 0.354 e. The highest BCUT2D eigenvalue weighted by atomic mass is 16.4. The molecule has 1 fully saturated rings. The average molecular weight is 347 g/mol. The zero-order valence-corrected chi connectivity index (χ0v) is 14.5. The van der Waals surface area contributed by atoms with Crippen molar-refractivity contribution in [3.05, 3.63) is 29.6 Å². The second kappa shape index (κ2) is 9.15. The first-order valence-electron chi connectivity index (χ1n) is 8.79. The first kappa shape index (κ1) is 18.9. The van der Waals surface area contributed by atoms with Crippen molar-refractivity contribution < 1.29 is 19.5 Å². The van der Waals surface area contributed by atoms with Gasteiger partial charge in [0.15, 0.2) is 0 Å². The SMILES string of the molecule is CCCCCNC(=O)C1CCN(C(=O)c2ccc(C(=O)O)nc2)CC1. The predicted octanol–water partition coefficient (Wildman–Crippen LogP) is 1.94. The van der Waals surface area contributed by atoms with Gasteiger partial charge in [0.2, 0.25) is 5.91 Å². The van der Waals surface area contributed by atoms with Crippen molar-refractivity contribution in [3.63, 3.8) is 0 Å². The lowest BCUT2D eigenvalue weighted by Gasteiger charge is -2.31. The Hall–Kier alpha value is -2.44. The van der Waals surface area contributed by atoms with Crippen molar-refractivity contribution in [2.24, 2.45) is 5.92 Å². The number of carboxylic acids is 1. The summed E-state index contributed by atoms with van der Waals surface area (Å²) in [4.78, 5) is 40.8. The van der Waals surface area contributed by atoms with Gasteiger partial charge in [0, 0.05) is 31.7 Å². The summed E-state index contributed by atoms with van der Waals surface area (Å²) in [6.07, 6.45) is 5.82. The van der Waals surface area contributed by atoms with Crippen LogP contribution in [-0.2, 0) is 4.79 Å². The average Bonchev–Trinajstić information content (AvgIpc) is 2.64. The molecule has 1 aromatic rings. The molecule has 136 valence electrons. The number of amides is 2. The first-order chi connectivity index (χ1) is 12.0. The van der Waals surface area contributed by atoms with Crippen LogP contribution in [0.1, 0.15) is 59.9 Å². The van der Waals surface area contributed by atoms with Crippen LogP contribution in [0.25, 0.3) is 0 Å². The van der Waals surface area contributed by atoms with Gasteiger partial charge in [-0.3, -0.25) is 9.59 Å². The Kier molecular flexibility index (Phi) is 6.91. The number of nitrogens with zero attached hydrogens (tertiary/aromatic N) is 2. The van der Waals surface area contributed by atoms with Crippen molar-refractivity contribution in [3.8, 4) is 0 Å². The summed E-state index contributed by atoms with van der Waals surface area (Å²) in [5.41, 5.74) is 0.280. The Labute approximate surface area is 147 Å². The summed E-state index contributed by atoms with van der Waals surface area (Å²) in [5.74, 6) is -1.26. The van der Waals surface area contributed by atoms with Gasteiger partial charge in [-0.15, -0.1) is 0 Å². The molecule has 0 radical (unpaired) electrons. The van der Waals surface area contributed by atoms with E-state index in [9.17, 15) is 14.4 Å². The molecule has 0 spiro atoms. The number of aromatic nitrogens is 1. The quantitative estimate of drug-likeness (QED) is 0.734. The molecule has 7 nitrogen and oxygen atoms in total. The third-order valence-corrected chi connectivity index (χ3v) is 4.46. The lowest BCUT2D eigenvalue weighted by atomic mass is 9.95. The molecule has 0 unspecified atom stereocenters. The summed E-state index contributed by atoms with van der Waals surface area (Å²) >= 11 is 0. The number of aromatic carboxylic acids is 1. The zero-order chi connectivity index (χ0) is 18.2. The molecule has 25 heavy (non-hydrogen) atoms. The highest BCUT2D eigenvalue weighted by Crippen LogP contribution is 2.19. The van der Waals surface area contributed by atoms with Gasteiger partial charge >= 0.3 is 5.97 Å². The molecule has 0 bridgehead atoms. The summed E-state index contributed by atoms with van der Waals surface area (Å²) < 4.78 is 0.